The lowest BCUT2D eigenvalue weighted by molar-refractivity contribution is 0.0977. The standard InChI is InChI=1S/C23H27N5O/c1-15-8-6-10-19(12-15)22(29)26-23(25-20-11-7-9-16(2)13-20)24-14-21-17(3)27-28(5)18(21)4/h6-13H,14H2,1-5H3,(H2,24,25,26,29). The van der Waals surface area contributed by atoms with Crippen molar-refractivity contribution in [3.63, 3.8) is 0 Å². The molecule has 0 atom stereocenters. The molecule has 3 rings (SSSR count). The first kappa shape index (κ1) is 20.3. The number of aryl methyl sites for hydroxylation is 4. The zero-order valence-electron chi connectivity index (χ0n) is 17.6. The van der Waals surface area contributed by atoms with Crippen LogP contribution in [0.3, 0.4) is 0 Å². The van der Waals surface area contributed by atoms with Gasteiger partial charge in [0.1, 0.15) is 0 Å². The van der Waals surface area contributed by atoms with Crippen molar-refractivity contribution in [1.82, 2.24) is 15.1 Å². The number of hydrogen-bond donors (Lipinski definition) is 2. The zero-order chi connectivity index (χ0) is 21.0. The van der Waals surface area contributed by atoms with E-state index in [9.17, 15) is 4.79 Å². The van der Waals surface area contributed by atoms with Crippen LogP contribution in [0.5, 0.6) is 0 Å². The van der Waals surface area contributed by atoms with Crippen molar-refractivity contribution in [1.29, 1.82) is 0 Å². The summed E-state index contributed by atoms with van der Waals surface area (Å²) in [4.78, 5) is 17.4. The fraction of sp³-hybridized carbons (Fsp3) is 0.261. The number of benzene rings is 2. The van der Waals surface area contributed by atoms with Crippen LogP contribution in [0.1, 0.15) is 38.4 Å². The van der Waals surface area contributed by atoms with E-state index in [-0.39, 0.29) is 5.91 Å². The highest BCUT2D eigenvalue weighted by Gasteiger charge is 2.12. The Hall–Kier alpha value is -3.41. The Morgan fingerprint density at radius 1 is 1.03 bits per heavy atom. The molecule has 0 aliphatic carbocycles. The molecule has 150 valence electrons. The van der Waals surface area contributed by atoms with Crippen molar-refractivity contribution in [2.75, 3.05) is 5.32 Å². The van der Waals surface area contributed by atoms with E-state index in [1.165, 1.54) is 0 Å². The topological polar surface area (TPSA) is 71.3 Å². The van der Waals surface area contributed by atoms with Gasteiger partial charge in [0.25, 0.3) is 5.91 Å². The molecule has 0 saturated carbocycles. The third kappa shape index (κ3) is 5.10. The van der Waals surface area contributed by atoms with Gasteiger partial charge in [-0.1, -0.05) is 29.8 Å². The minimum Gasteiger partial charge on any atom is -0.326 e. The fourth-order valence-electron chi connectivity index (χ4n) is 3.14. The summed E-state index contributed by atoms with van der Waals surface area (Å²) < 4.78 is 1.85. The van der Waals surface area contributed by atoms with Crippen LogP contribution in [-0.2, 0) is 13.6 Å². The number of hydrogen-bond acceptors (Lipinski definition) is 3. The van der Waals surface area contributed by atoms with Gasteiger partial charge in [-0.3, -0.25) is 14.8 Å². The second-order valence-corrected chi connectivity index (χ2v) is 7.26. The second kappa shape index (κ2) is 8.73. The van der Waals surface area contributed by atoms with Crippen LogP contribution in [0.4, 0.5) is 5.69 Å². The molecular weight excluding hydrogens is 362 g/mol. The monoisotopic (exact) mass is 389 g/mol. The first-order chi connectivity index (χ1) is 13.8. The molecule has 1 aromatic heterocycles. The van der Waals surface area contributed by atoms with E-state index in [4.69, 9.17) is 0 Å². The maximum absolute atomic E-state index is 12.8. The molecule has 0 fully saturated rings. The molecule has 3 aromatic rings. The van der Waals surface area contributed by atoms with Crippen molar-refractivity contribution in [3.05, 3.63) is 82.2 Å². The van der Waals surface area contributed by atoms with Crippen LogP contribution in [-0.4, -0.2) is 21.6 Å². The molecule has 0 unspecified atom stereocenters. The summed E-state index contributed by atoms with van der Waals surface area (Å²) in [6, 6.07) is 15.4. The SMILES string of the molecule is Cc1cccc(NC(=NCc2c(C)nn(C)c2C)NC(=O)c2cccc(C)c2)c1. The highest BCUT2D eigenvalue weighted by atomic mass is 16.1. The van der Waals surface area contributed by atoms with Gasteiger partial charge in [0, 0.05) is 29.6 Å². The van der Waals surface area contributed by atoms with Crippen molar-refractivity contribution in [3.8, 4) is 0 Å². The van der Waals surface area contributed by atoms with E-state index in [1.807, 2.05) is 81.9 Å². The molecular formula is C23H27N5O. The lowest BCUT2D eigenvalue weighted by atomic mass is 10.1. The molecule has 6 nitrogen and oxygen atoms in total. The summed E-state index contributed by atoms with van der Waals surface area (Å²) in [5.74, 6) is 0.206. The summed E-state index contributed by atoms with van der Waals surface area (Å²) in [6.45, 7) is 8.40. The van der Waals surface area contributed by atoms with Crippen molar-refractivity contribution < 1.29 is 4.79 Å². The van der Waals surface area contributed by atoms with Crippen LogP contribution in [0.2, 0.25) is 0 Å². The van der Waals surface area contributed by atoms with Gasteiger partial charge in [-0.25, -0.2) is 4.99 Å². The summed E-state index contributed by atoms with van der Waals surface area (Å²) in [5, 5.41) is 10.6. The number of aromatic nitrogens is 2. The van der Waals surface area contributed by atoms with Crippen molar-refractivity contribution in [2.24, 2.45) is 12.0 Å². The normalized spacial score (nSPS) is 11.4. The first-order valence-corrected chi connectivity index (χ1v) is 9.58. The van der Waals surface area contributed by atoms with Crippen LogP contribution in [0, 0.1) is 27.7 Å². The Bertz CT molecular complexity index is 1060. The molecule has 2 aromatic carbocycles. The molecule has 1 heterocycles. The van der Waals surface area contributed by atoms with E-state index in [2.05, 4.69) is 20.7 Å². The highest BCUT2D eigenvalue weighted by Crippen LogP contribution is 2.14. The quantitative estimate of drug-likeness (QED) is 0.522. The van der Waals surface area contributed by atoms with Crippen molar-refractivity contribution >= 4 is 17.6 Å². The third-order valence-electron chi connectivity index (χ3n) is 4.85. The maximum Gasteiger partial charge on any atom is 0.257 e. The van der Waals surface area contributed by atoms with E-state index in [0.717, 1.165) is 33.8 Å². The van der Waals surface area contributed by atoms with Crippen LogP contribution >= 0.6 is 0 Å². The summed E-state index contributed by atoms with van der Waals surface area (Å²) in [6.07, 6.45) is 0. The van der Waals surface area contributed by atoms with E-state index in [1.54, 1.807) is 6.07 Å². The average Bonchev–Trinajstić information content (AvgIpc) is 2.91. The maximum atomic E-state index is 12.8. The Balaban J connectivity index is 1.87. The zero-order valence-corrected chi connectivity index (χ0v) is 17.6. The second-order valence-electron chi connectivity index (χ2n) is 7.26. The van der Waals surface area contributed by atoms with Gasteiger partial charge in [0.2, 0.25) is 5.96 Å². The molecule has 0 radical (unpaired) electrons. The predicted octanol–water partition coefficient (Wildman–Crippen LogP) is 4.05. The Morgan fingerprint density at radius 3 is 2.34 bits per heavy atom. The fourth-order valence-corrected chi connectivity index (χ4v) is 3.14. The predicted molar refractivity (Wildman–Crippen MR) is 117 cm³/mol. The molecule has 2 N–H and O–H groups in total. The van der Waals surface area contributed by atoms with Crippen molar-refractivity contribution in [2.45, 2.75) is 34.2 Å². The molecule has 0 spiro atoms. The molecule has 0 aliphatic rings. The average molecular weight is 390 g/mol. The smallest absolute Gasteiger partial charge is 0.257 e. The summed E-state index contributed by atoms with van der Waals surface area (Å²) in [5.41, 5.74) is 6.67. The molecule has 0 bridgehead atoms. The van der Waals surface area contributed by atoms with E-state index in [0.29, 0.717) is 18.1 Å². The van der Waals surface area contributed by atoms with Gasteiger partial charge in [0.15, 0.2) is 0 Å². The number of amides is 1. The molecule has 1 amide bonds. The van der Waals surface area contributed by atoms with Gasteiger partial charge in [-0.2, -0.15) is 5.10 Å². The molecule has 0 saturated heterocycles. The first-order valence-electron chi connectivity index (χ1n) is 9.58. The summed E-state index contributed by atoms with van der Waals surface area (Å²) >= 11 is 0. The van der Waals surface area contributed by atoms with Crippen LogP contribution in [0.25, 0.3) is 0 Å². The van der Waals surface area contributed by atoms with Gasteiger partial charge >= 0.3 is 0 Å². The number of anilines is 1. The van der Waals surface area contributed by atoms with Crippen LogP contribution < -0.4 is 10.6 Å². The van der Waals surface area contributed by atoms with Gasteiger partial charge < -0.3 is 5.32 Å². The lowest BCUT2D eigenvalue weighted by Crippen LogP contribution is -2.36. The number of aliphatic imine (C=N–C) groups is 1. The van der Waals surface area contributed by atoms with E-state index < -0.39 is 0 Å². The lowest BCUT2D eigenvalue weighted by Gasteiger charge is -2.13. The van der Waals surface area contributed by atoms with Gasteiger partial charge in [-0.05, 0) is 57.5 Å². The van der Waals surface area contributed by atoms with Crippen LogP contribution in [0.15, 0.2) is 53.5 Å². The number of nitrogens with one attached hydrogen (secondary N) is 2. The Kier molecular flexibility index (Phi) is 6.12. The minimum absolute atomic E-state index is 0.202. The van der Waals surface area contributed by atoms with E-state index >= 15 is 0 Å². The minimum atomic E-state index is -0.202. The number of guanidine groups is 1. The Labute approximate surface area is 171 Å². The summed E-state index contributed by atoms with van der Waals surface area (Å²) in [7, 11) is 1.92. The highest BCUT2D eigenvalue weighted by molar-refractivity contribution is 6.10. The molecule has 0 aliphatic heterocycles. The number of nitrogens with zero attached hydrogens (tertiary/aromatic N) is 3. The number of carbonyl (C=O) groups excluding carboxylic acids is 1. The largest absolute Gasteiger partial charge is 0.326 e. The van der Waals surface area contributed by atoms with Gasteiger partial charge in [0.05, 0.1) is 12.2 Å². The third-order valence-corrected chi connectivity index (χ3v) is 4.85. The molecule has 6 heteroatoms. The number of carbonyl (C=O) groups is 1. The molecule has 29 heavy (non-hydrogen) atoms. The number of rotatable bonds is 4. The van der Waals surface area contributed by atoms with Gasteiger partial charge in [-0.15, -0.1) is 0 Å². The Morgan fingerprint density at radius 2 is 1.72 bits per heavy atom.